The van der Waals surface area contributed by atoms with Gasteiger partial charge in [0.25, 0.3) is 0 Å². The first-order valence-corrected chi connectivity index (χ1v) is 10.2. The van der Waals surface area contributed by atoms with Crippen LogP contribution in [0.4, 0.5) is 5.82 Å². The summed E-state index contributed by atoms with van der Waals surface area (Å²) in [5.74, 6) is 3.41. The quantitative estimate of drug-likeness (QED) is 0.825. The highest BCUT2D eigenvalue weighted by Gasteiger charge is 2.42. The van der Waals surface area contributed by atoms with E-state index in [9.17, 15) is 4.79 Å². The Labute approximate surface area is 152 Å². The number of hydrogen-bond donors (Lipinski definition) is 2. The van der Waals surface area contributed by atoms with Crippen molar-refractivity contribution in [3.05, 3.63) is 17.3 Å². The second-order valence-corrected chi connectivity index (χ2v) is 8.90. The lowest BCUT2D eigenvalue weighted by Crippen LogP contribution is -2.40. The van der Waals surface area contributed by atoms with E-state index < -0.39 is 0 Å². The minimum absolute atomic E-state index is 0.134. The molecule has 134 valence electrons. The predicted molar refractivity (Wildman–Crippen MR) is 102 cm³/mol. The van der Waals surface area contributed by atoms with E-state index in [-0.39, 0.29) is 5.91 Å². The van der Waals surface area contributed by atoms with Crippen LogP contribution in [0.1, 0.15) is 43.9 Å². The van der Waals surface area contributed by atoms with E-state index in [4.69, 9.17) is 0 Å². The molecule has 1 amide bonds. The molecule has 2 fully saturated rings. The minimum Gasteiger partial charge on any atom is -0.369 e. The first-order valence-electron chi connectivity index (χ1n) is 9.34. The molecule has 0 saturated heterocycles. The molecule has 6 heteroatoms. The summed E-state index contributed by atoms with van der Waals surface area (Å²) < 4.78 is 0. The lowest BCUT2D eigenvalue weighted by Gasteiger charge is -2.28. The van der Waals surface area contributed by atoms with Gasteiger partial charge >= 0.3 is 0 Å². The van der Waals surface area contributed by atoms with Gasteiger partial charge in [0.15, 0.2) is 0 Å². The SMILES string of the molecule is Cc1cc2c(NCCC(=O)NC(C)C3CC4CCC3C4)ncnc2s1. The molecule has 4 rings (SSSR count). The Morgan fingerprint density at radius 2 is 2.24 bits per heavy atom. The zero-order valence-corrected chi connectivity index (χ0v) is 15.7. The molecule has 25 heavy (non-hydrogen) atoms. The van der Waals surface area contributed by atoms with Crippen molar-refractivity contribution in [2.45, 2.75) is 52.0 Å². The number of aromatic nitrogens is 2. The van der Waals surface area contributed by atoms with Crippen molar-refractivity contribution in [3.8, 4) is 0 Å². The molecular formula is C19H26N4OS. The molecule has 0 aliphatic heterocycles. The van der Waals surface area contributed by atoms with Gasteiger partial charge in [-0.3, -0.25) is 4.79 Å². The maximum atomic E-state index is 12.3. The van der Waals surface area contributed by atoms with E-state index in [2.05, 4.69) is 40.5 Å². The van der Waals surface area contributed by atoms with Gasteiger partial charge in [-0.25, -0.2) is 9.97 Å². The second-order valence-electron chi connectivity index (χ2n) is 7.67. The fraction of sp³-hybridized carbons (Fsp3) is 0.632. The van der Waals surface area contributed by atoms with E-state index in [1.165, 1.54) is 30.6 Å². The zero-order valence-electron chi connectivity index (χ0n) is 14.9. The molecule has 5 nitrogen and oxygen atoms in total. The number of carbonyl (C=O) groups is 1. The van der Waals surface area contributed by atoms with Gasteiger partial charge in [-0.2, -0.15) is 0 Å². The summed E-state index contributed by atoms with van der Waals surface area (Å²) in [6.45, 7) is 4.84. The third kappa shape index (κ3) is 3.50. The standard InChI is InChI=1S/C19H26N4OS/c1-11-7-16-18(21-10-22-19(16)25-11)20-6-5-17(24)23-12(2)15-9-13-3-4-14(15)8-13/h7,10,12-15H,3-6,8-9H2,1-2H3,(H,23,24)(H,20,21,22). The summed E-state index contributed by atoms with van der Waals surface area (Å²) in [4.78, 5) is 23.1. The Morgan fingerprint density at radius 1 is 1.36 bits per heavy atom. The van der Waals surface area contributed by atoms with E-state index in [1.54, 1.807) is 17.7 Å². The van der Waals surface area contributed by atoms with Gasteiger partial charge in [-0.05, 0) is 56.9 Å². The van der Waals surface area contributed by atoms with Crippen molar-refractivity contribution < 1.29 is 4.79 Å². The monoisotopic (exact) mass is 358 g/mol. The maximum Gasteiger partial charge on any atom is 0.221 e. The largest absolute Gasteiger partial charge is 0.369 e. The van der Waals surface area contributed by atoms with Gasteiger partial charge in [-0.15, -0.1) is 11.3 Å². The summed E-state index contributed by atoms with van der Waals surface area (Å²) in [7, 11) is 0. The average molecular weight is 359 g/mol. The van der Waals surface area contributed by atoms with Crippen LogP contribution in [0.2, 0.25) is 0 Å². The van der Waals surface area contributed by atoms with Crippen LogP contribution in [0.5, 0.6) is 0 Å². The van der Waals surface area contributed by atoms with Crippen LogP contribution in [0.15, 0.2) is 12.4 Å². The lowest BCUT2D eigenvalue weighted by molar-refractivity contribution is -0.121. The molecule has 2 N–H and O–H groups in total. The second kappa shape index (κ2) is 6.90. The van der Waals surface area contributed by atoms with Gasteiger partial charge in [-0.1, -0.05) is 6.42 Å². The molecule has 2 aliphatic rings. The van der Waals surface area contributed by atoms with Crippen molar-refractivity contribution in [3.63, 3.8) is 0 Å². The van der Waals surface area contributed by atoms with Crippen LogP contribution in [-0.4, -0.2) is 28.5 Å². The number of amides is 1. The van der Waals surface area contributed by atoms with Crippen molar-refractivity contribution in [2.24, 2.45) is 17.8 Å². The number of rotatable bonds is 6. The third-order valence-electron chi connectivity index (χ3n) is 5.92. The van der Waals surface area contributed by atoms with Gasteiger partial charge in [0.05, 0.1) is 5.39 Å². The van der Waals surface area contributed by atoms with Gasteiger partial charge < -0.3 is 10.6 Å². The molecule has 0 radical (unpaired) electrons. The topological polar surface area (TPSA) is 66.9 Å². The fourth-order valence-electron chi connectivity index (χ4n) is 4.75. The highest BCUT2D eigenvalue weighted by atomic mass is 32.1. The minimum atomic E-state index is 0.134. The first-order chi connectivity index (χ1) is 12.1. The maximum absolute atomic E-state index is 12.3. The van der Waals surface area contributed by atoms with Crippen LogP contribution < -0.4 is 10.6 Å². The van der Waals surface area contributed by atoms with Crippen LogP contribution in [0.25, 0.3) is 10.2 Å². The molecular weight excluding hydrogens is 332 g/mol. The number of nitrogens with one attached hydrogen (secondary N) is 2. The molecule has 0 spiro atoms. The third-order valence-corrected chi connectivity index (χ3v) is 6.88. The molecule has 4 atom stereocenters. The first kappa shape index (κ1) is 16.8. The van der Waals surface area contributed by atoms with Gasteiger partial charge in [0.1, 0.15) is 17.0 Å². The number of aryl methyl sites for hydroxylation is 1. The number of fused-ring (bicyclic) bond motifs is 3. The smallest absolute Gasteiger partial charge is 0.221 e. The Bertz CT molecular complexity index is 774. The fourth-order valence-corrected chi connectivity index (χ4v) is 5.60. The molecule has 2 heterocycles. The summed E-state index contributed by atoms with van der Waals surface area (Å²) in [6.07, 6.45) is 7.51. The highest BCUT2D eigenvalue weighted by molar-refractivity contribution is 7.18. The van der Waals surface area contributed by atoms with Crippen LogP contribution >= 0.6 is 11.3 Å². The van der Waals surface area contributed by atoms with Crippen LogP contribution in [0.3, 0.4) is 0 Å². The Hall–Kier alpha value is -1.69. The summed E-state index contributed by atoms with van der Waals surface area (Å²) in [6, 6.07) is 2.40. The van der Waals surface area contributed by atoms with E-state index in [1.807, 2.05) is 0 Å². The summed E-state index contributed by atoms with van der Waals surface area (Å²) in [5.41, 5.74) is 0. The molecule has 4 unspecified atom stereocenters. The zero-order chi connectivity index (χ0) is 17.4. The number of hydrogen-bond acceptors (Lipinski definition) is 5. The molecule has 0 aromatic carbocycles. The highest BCUT2D eigenvalue weighted by Crippen LogP contribution is 2.49. The number of nitrogens with zero attached hydrogens (tertiary/aromatic N) is 2. The summed E-state index contributed by atoms with van der Waals surface area (Å²) >= 11 is 1.66. The molecule has 2 saturated carbocycles. The average Bonchev–Trinajstić information content (AvgIpc) is 3.29. The summed E-state index contributed by atoms with van der Waals surface area (Å²) in [5, 5.41) is 7.56. The van der Waals surface area contributed by atoms with E-state index in [0.29, 0.717) is 24.9 Å². The molecule has 2 aliphatic carbocycles. The number of carbonyl (C=O) groups excluding carboxylic acids is 1. The Balaban J connectivity index is 1.27. The van der Waals surface area contributed by atoms with Crippen molar-refractivity contribution in [2.75, 3.05) is 11.9 Å². The molecule has 2 aromatic rings. The van der Waals surface area contributed by atoms with E-state index >= 15 is 0 Å². The normalized spacial score (nSPS) is 26.1. The molecule has 2 bridgehead atoms. The predicted octanol–water partition coefficient (Wildman–Crippen LogP) is 3.74. The van der Waals surface area contributed by atoms with Gasteiger partial charge in [0.2, 0.25) is 5.91 Å². The number of thiophene rings is 1. The Kier molecular flexibility index (Phi) is 4.63. The van der Waals surface area contributed by atoms with Crippen LogP contribution in [0, 0.1) is 24.7 Å². The van der Waals surface area contributed by atoms with Gasteiger partial charge in [0, 0.05) is 23.9 Å². The lowest BCUT2D eigenvalue weighted by atomic mass is 9.84. The van der Waals surface area contributed by atoms with Crippen molar-refractivity contribution >= 4 is 33.3 Å². The molecule has 2 aromatic heterocycles. The van der Waals surface area contributed by atoms with Crippen molar-refractivity contribution in [1.82, 2.24) is 15.3 Å². The van der Waals surface area contributed by atoms with E-state index in [0.717, 1.165) is 27.9 Å². The Morgan fingerprint density at radius 3 is 3.00 bits per heavy atom. The van der Waals surface area contributed by atoms with Crippen molar-refractivity contribution in [1.29, 1.82) is 0 Å². The number of anilines is 1. The van der Waals surface area contributed by atoms with Crippen LogP contribution in [-0.2, 0) is 4.79 Å².